The molecule has 2 aliphatic rings. The molecule has 2 saturated heterocycles. The summed E-state index contributed by atoms with van der Waals surface area (Å²) < 4.78 is 11.2. The van der Waals surface area contributed by atoms with Crippen LogP contribution in [0.4, 0.5) is 0 Å². The smallest absolute Gasteiger partial charge is 0.113 e. The first-order valence-electron chi connectivity index (χ1n) is 11.1. The van der Waals surface area contributed by atoms with Crippen LogP contribution in [-0.2, 0) is 9.47 Å². The van der Waals surface area contributed by atoms with E-state index in [9.17, 15) is 40.9 Å². The minimum Gasteiger partial charge on any atom is -0.394 e. The fourth-order valence-electron chi connectivity index (χ4n) is 4.48. The summed E-state index contributed by atoms with van der Waals surface area (Å²) in [5, 5.41) is 79.3. The van der Waals surface area contributed by atoms with Crippen LogP contribution in [-0.4, -0.2) is 103 Å². The second kappa shape index (κ2) is 10.3. The van der Waals surface area contributed by atoms with Crippen molar-refractivity contribution in [2.24, 2.45) is 0 Å². The Kier molecular flexibility index (Phi) is 7.65. The molecule has 2 heterocycles. The molecule has 10 nitrogen and oxygen atoms in total. The highest BCUT2D eigenvalue weighted by Crippen LogP contribution is 2.35. The van der Waals surface area contributed by atoms with E-state index in [1.807, 2.05) is 0 Å². The lowest BCUT2D eigenvalue weighted by atomic mass is 9.89. The largest absolute Gasteiger partial charge is 0.394 e. The highest BCUT2D eigenvalue weighted by Gasteiger charge is 2.45. The van der Waals surface area contributed by atoms with Gasteiger partial charge < -0.3 is 50.3 Å². The Bertz CT molecular complexity index is 854. The summed E-state index contributed by atoms with van der Waals surface area (Å²) in [4.78, 5) is 0. The maximum atomic E-state index is 10.3. The predicted octanol–water partition coefficient (Wildman–Crippen LogP) is -1.62. The van der Waals surface area contributed by atoms with Crippen molar-refractivity contribution in [3.05, 3.63) is 59.7 Å². The van der Waals surface area contributed by atoms with Crippen LogP contribution in [0.15, 0.2) is 48.5 Å². The zero-order valence-electron chi connectivity index (χ0n) is 18.2. The van der Waals surface area contributed by atoms with E-state index in [2.05, 4.69) is 0 Å². The van der Waals surface area contributed by atoms with E-state index in [1.54, 1.807) is 48.5 Å². The van der Waals surface area contributed by atoms with Crippen molar-refractivity contribution in [2.75, 3.05) is 13.2 Å². The van der Waals surface area contributed by atoms with Crippen LogP contribution >= 0.6 is 0 Å². The van der Waals surface area contributed by atoms with Crippen LogP contribution in [0.5, 0.6) is 0 Å². The quantitative estimate of drug-likeness (QED) is 0.249. The monoisotopic (exact) mass is 478 g/mol. The zero-order valence-corrected chi connectivity index (χ0v) is 18.2. The Labute approximate surface area is 195 Å². The lowest BCUT2D eigenvalue weighted by Gasteiger charge is -2.40. The molecular weight excluding hydrogens is 448 g/mol. The van der Waals surface area contributed by atoms with Crippen LogP contribution in [0.1, 0.15) is 23.3 Å². The van der Waals surface area contributed by atoms with Crippen LogP contribution < -0.4 is 0 Å². The summed E-state index contributed by atoms with van der Waals surface area (Å²) in [6.07, 6.45) is -12.3. The van der Waals surface area contributed by atoms with Crippen molar-refractivity contribution in [1.29, 1.82) is 0 Å². The fraction of sp³-hybridized carbons (Fsp3) is 0.500. The van der Waals surface area contributed by atoms with Crippen molar-refractivity contribution in [3.8, 4) is 11.1 Å². The van der Waals surface area contributed by atoms with Gasteiger partial charge >= 0.3 is 0 Å². The van der Waals surface area contributed by atoms with Crippen molar-refractivity contribution in [2.45, 2.75) is 61.0 Å². The van der Waals surface area contributed by atoms with Gasteiger partial charge in [-0.3, -0.25) is 0 Å². The number of aliphatic hydroxyl groups excluding tert-OH is 8. The SMILES string of the molecule is OCC1OC(c2ccc(-c3ccc(C4OC(CO)C(O)C(O)C4O)cc3)cc2)C(O)C(O)C1O. The highest BCUT2D eigenvalue weighted by atomic mass is 16.6. The molecule has 10 heteroatoms. The lowest BCUT2D eigenvalue weighted by Crippen LogP contribution is -2.55. The van der Waals surface area contributed by atoms with Gasteiger partial charge in [-0.25, -0.2) is 0 Å². The van der Waals surface area contributed by atoms with Crippen molar-refractivity contribution in [1.82, 2.24) is 0 Å². The summed E-state index contributed by atoms with van der Waals surface area (Å²) in [6, 6.07) is 14.0. The molecule has 186 valence electrons. The molecule has 10 atom stereocenters. The molecule has 34 heavy (non-hydrogen) atoms. The molecule has 2 aromatic carbocycles. The molecule has 0 radical (unpaired) electrons. The maximum absolute atomic E-state index is 10.3. The molecule has 2 aromatic rings. The minimum absolute atomic E-state index is 0.500. The average Bonchev–Trinajstić information content (AvgIpc) is 2.87. The van der Waals surface area contributed by atoms with Crippen molar-refractivity contribution < 1.29 is 50.3 Å². The van der Waals surface area contributed by atoms with Gasteiger partial charge in [0.25, 0.3) is 0 Å². The highest BCUT2D eigenvalue weighted by molar-refractivity contribution is 5.64. The van der Waals surface area contributed by atoms with E-state index in [4.69, 9.17) is 9.47 Å². The number of hydrogen-bond acceptors (Lipinski definition) is 10. The van der Waals surface area contributed by atoms with E-state index in [0.717, 1.165) is 11.1 Å². The van der Waals surface area contributed by atoms with Crippen LogP contribution in [0, 0.1) is 0 Å². The molecule has 0 saturated carbocycles. The molecular formula is C24H30O10. The Morgan fingerprint density at radius 3 is 1.09 bits per heavy atom. The zero-order chi connectivity index (χ0) is 24.6. The number of rotatable bonds is 5. The molecule has 2 fully saturated rings. The second-order valence-corrected chi connectivity index (χ2v) is 8.74. The molecule has 0 amide bonds. The lowest BCUT2D eigenvalue weighted by molar-refractivity contribution is -0.231. The Hall–Kier alpha value is -1.96. The maximum Gasteiger partial charge on any atom is 0.113 e. The van der Waals surface area contributed by atoms with Crippen molar-refractivity contribution >= 4 is 0 Å². The summed E-state index contributed by atoms with van der Waals surface area (Å²) in [5.41, 5.74) is 2.79. The van der Waals surface area contributed by atoms with E-state index < -0.39 is 74.3 Å². The van der Waals surface area contributed by atoms with E-state index in [0.29, 0.717) is 11.1 Å². The average molecular weight is 478 g/mol. The Balaban J connectivity index is 1.50. The first-order valence-corrected chi connectivity index (χ1v) is 11.1. The summed E-state index contributed by atoms with van der Waals surface area (Å²) in [5.74, 6) is 0. The van der Waals surface area contributed by atoms with Crippen LogP contribution in [0.25, 0.3) is 11.1 Å². The number of ether oxygens (including phenoxy) is 2. The molecule has 4 rings (SSSR count). The van der Waals surface area contributed by atoms with Gasteiger partial charge in [-0.1, -0.05) is 48.5 Å². The molecule has 0 aliphatic carbocycles. The van der Waals surface area contributed by atoms with Gasteiger partial charge in [0, 0.05) is 0 Å². The molecule has 10 unspecified atom stereocenters. The van der Waals surface area contributed by atoms with Gasteiger partial charge in [-0.05, 0) is 22.3 Å². The Morgan fingerprint density at radius 2 is 0.794 bits per heavy atom. The first kappa shape index (κ1) is 25.1. The molecule has 0 bridgehead atoms. The normalized spacial score (nSPS) is 38.6. The van der Waals surface area contributed by atoms with Crippen LogP contribution in [0.3, 0.4) is 0 Å². The molecule has 0 aromatic heterocycles. The first-order chi connectivity index (χ1) is 16.3. The summed E-state index contributed by atoms with van der Waals surface area (Å²) >= 11 is 0. The van der Waals surface area contributed by atoms with Gasteiger partial charge in [-0.2, -0.15) is 0 Å². The van der Waals surface area contributed by atoms with E-state index in [1.165, 1.54) is 0 Å². The molecule has 8 N–H and O–H groups in total. The van der Waals surface area contributed by atoms with Gasteiger partial charge in [0.15, 0.2) is 0 Å². The third kappa shape index (κ3) is 4.62. The number of aliphatic hydroxyl groups is 8. The third-order valence-electron chi connectivity index (χ3n) is 6.60. The Morgan fingerprint density at radius 1 is 0.471 bits per heavy atom. The van der Waals surface area contributed by atoms with E-state index >= 15 is 0 Å². The van der Waals surface area contributed by atoms with Crippen LogP contribution in [0.2, 0.25) is 0 Å². The third-order valence-corrected chi connectivity index (χ3v) is 6.60. The van der Waals surface area contributed by atoms with Crippen molar-refractivity contribution in [3.63, 3.8) is 0 Å². The predicted molar refractivity (Wildman–Crippen MR) is 117 cm³/mol. The number of hydrogen-bond donors (Lipinski definition) is 8. The minimum atomic E-state index is -1.45. The molecule has 2 aliphatic heterocycles. The number of benzene rings is 2. The van der Waals surface area contributed by atoms with E-state index in [-0.39, 0.29) is 0 Å². The van der Waals surface area contributed by atoms with Gasteiger partial charge in [-0.15, -0.1) is 0 Å². The molecule has 0 spiro atoms. The van der Waals surface area contributed by atoms with Gasteiger partial charge in [0.1, 0.15) is 61.0 Å². The standard InChI is InChI=1S/C24H30O10/c25-9-15-17(27)19(29)21(31)23(33-15)13-5-1-11(2-6-13)12-3-7-14(8-4-12)24-22(32)20(30)18(28)16(10-26)34-24/h1-8,15-32H,9-10H2. The topological polar surface area (TPSA) is 180 Å². The fourth-order valence-corrected chi connectivity index (χ4v) is 4.48. The van der Waals surface area contributed by atoms with Gasteiger partial charge in [0.2, 0.25) is 0 Å². The summed E-state index contributed by atoms with van der Waals surface area (Å²) in [7, 11) is 0. The van der Waals surface area contributed by atoms with Gasteiger partial charge in [0.05, 0.1) is 13.2 Å². The second-order valence-electron chi connectivity index (χ2n) is 8.74. The summed E-state index contributed by atoms with van der Waals surface area (Å²) in [6.45, 7) is -0.999.